The van der Waals surface area contributed by atoms with E-state index in [-0.39, 0.29) is 18.3 Å². The van der Waals surface area contributed by atoms with Crippen LogP contribution in [0.15, 0.2) is 12.4 Å². The highest BCUT2D eigenvalue weighted by Gasteiger charge is 2.23. The Morgan fingerprint density at radius 2 is 2.09 bits per heavy atom. The first-order chi connectivity index (χ1) is 10.1. The third kappa shape index (κ3) is 4.97. The molecule has 1 aromatic rings. The predicted octanol–water partition coefficient (Wildman–Crippen LogP) is 0.749. The highest BCUT2D eigenvalue weighted by Crippen LogP contribution is 2.15. The Morgan fingerprint density at radius 1 is 1.41 bits per heavy atom. The molecular weight excluding hydrogens is 302 g/mol. The van der Waals surface area contributed by atoms with Gasteiger partial charge in [-0.05, 0) is 26.9 Å². The van der Waals surface area contributed by atoms with E-state index in [0.717, 1.165) is 38.3 Å². The van der Waals surface area contributed by atoms with Gasteiger partial charge in [-0.25, -0.2) is 4.98 Å². The van der Waals surface area contributed by atoms with Crippen LogP contribution in [0, 0.1) is 0 Å². The van der Waals surface area contributed by atoms with Crippen molar-refractivity contribution < 1.29 is 4.79 Å². The molecule has 2 N–H and O–H groups in total. The van der Waals surface area contributed by atoms with Gasteiger partial charge in [0.1, 0.15) is 5.82 Å². The molecular formula is C15H28ClN5O. The number of nitrogens with zero attached hydrogens (tertiary/aromatic N) is 4. The quantitative estimate of drug-likeness (QED) is 0.836. The second-order valence-electron chi connectivity index (χ2n) is 5.90. The lowest BCUT2D eigenvalue weighted by molar-refractivity contribution is -0.132. The van der Waals surface area contributed by atoms with Gasteiger partial charge in [-0.15, -0.1) is 12.4 Å². The van der Waals surface area contributed by atoms with Crippen LogP contribution in [0.4, 0.5) is 0 Å². The molecule has 1 aliphatic rings. The Kier molecular flexibility index (Phi) is 7.85. The van der Waals surface area contributed by atoms with Crippen LogP contribution >= 0.6 is 12.4 Å². The number of hydrogen-bond acceptors (Lipinski definition) is 4. The molecule has 1 saturated heterocycles. The largest absolute Gasteiger partial charge is 0.343 e. The number of aromatic nitrogens is 2. The Morgan fingerprint density at radius 3 is 2.68 bits per heavy atom. The lowest BCUT2D eigenvalue weighted by atomic mass is 10.0. The van der Waals surface area contributed by atoms with E-state index in [2.05, 4.69) is 24.0 Å². The number of imidazole rings is 1. The van der Waals surface area contributed by atoms with Gasteiger partial charge in [-0.1, -0.05) is 0 Å². The van der Waals surface area contributed by atoms with Crippen molar-refractivity contribution in [2.45, 2.75) is 38.3 Å². The number of carbonyl (C=O) groups is 1. The van der Waals surface area contributed by atoms with Crippen LogP contribution in [0.3, 0.4) is 0 Å². The van der Waals surface area contributed by atoms with Gasteiger partial charge in [0.2, 0.25) is 5.91 Å². The van der Waals surface area contributed by atoms with Gasteiger partial charge >= 0.3 is 0 Å². The second-order valence-corrected chi connectivity index (χ2v) is 5.90. The number of carbonyl (C=O) groups excluding carboxylic acids is 1. The van der Waals surface area contributed by atoms with E-state index in [0.29, 0.717) is 25.4 Å². The maximum atomic E-state index is 12.3. The average Bonchev–Trinajstić information content (AvgIpc) is 2.92. The first kappa shape index (κ1) is 18.9. The molecule has 126 valence electrons. The van der Waals surface area contributed by atoms with Gasteiger partial charge in [0.15, 0.2) is 0 Å². The minimum Gasteiger partial charge on any atom is -0.343 e. The summed E-state index contributed by atoms with van der Waals surface area (Å²) >= 11 is 0. The van der Waals surface area contributed by atoms with E-state index in [1.54, 1.807) is 6.20 Å². The maximum Gasteiger partial charge on any atom is 0.223 e. The molecule has 1 amide bonds. The molecule has 0 unspecified atom stereocenters. The van der Waals surface area contributed by atoms with Crippen molar-refractivity contribution in [2.75, 3.05) is 33.7 Å². The van der Waals surface area contributed by atoms with Crippen LogP contribution in [0.1, 0.15) is 25.1 Å². The predicted molar refractivity (Wildman–Crippen MR) is 90.1 cm³/mol. The first-order valence-corrected chi connectivity index (χ1v) is 7.76. The molecule has 0 saturated carbocycles. The van der Waals surface area contributed by atoms with Crippen molar-refractivity contribution >= 4 is 18.3 Å². The molecule has 0 aromatic carbocycles. The van der Waals surface area contributed by atoms with E-state index >= 15 is 0 Å². The summed E-state index contributed by atoms with van der Waals surface area (Å²) in [5, 5.41) is 0. The van der Waals surface area contributed by atoms with E-state index in [4.69, 9.17) is 5.73 Å². The molecule has 1 aromatic heterocycles. The van der Waals surface area contributed by atoms with Crippen LogP contribution in [0.25, 0.3) is 0 Å². The summed E-state index contributed by atoms with van der Waals surface area (Å²) in [6.07, 6.45) is 7.07. The summed E-state index contributed by atoms with van der Waals surface area (Å²) in [6.45, 7) is 3.10. The van der Waals surface area contributed by atoms with E-state index in [1.807, 2.05) is 15.7 Å². The van der Waals surface area contributed by atoms with Gasteiger partial charge in [0.25, 0.3) is 0 Å². The molecule has 1 aliphatic heterocycles. The summed E-state index contributed by atoms with van der Waals surface area (Å²) in [7, 11) is 4.22. The standard InChI is InChI=1S/C15H27N5O.ClH/c1-18(2)13-5-9-20(10-6-13)15(21)4-3-14-17-8-12-19(14)11-7-16;/h8,12-13H,3-7,9-11,16H2,1-2H3;1H. The summed E-state index contributed by atoms with van der Waals surface area (Å²) in [5.74, 6) is 1.20. The topological polar surface area (TPSA) is 67.4 Å². The Hall–Kier alpha value is -1.11. The normalized spacial score (nSPS) is 15.9. The fraction of sp³-hybridized carbons (Fsp3) is 0.733. The zero-order valence-electron chi connectivity index (χ0n) is 13.6. The van der Waals surface area contributed by atoms with Crippen LogP contribution in [0.5, 0.6) is 0 Å². The van der Waals surface area contributed by atoms with Gasteiger partial charge in [-0.3, -0.25) is 4.79 Å². The molecule has 7 heteroatoms. The number of aryl methyl sites for hydroxylation is 1. The van der Waals surface area contributed by atoms with Gasteiger partial charge < -0.3 is 20.1 Å². The average molecular weight is 330 g/mol. The van der Waals surface area contributed by atoms with Gasteiger partial charge in [-0.2, -0.15) is 0 Å². The van der Waals surface area contributed by atoms with Crippen LogP contribution in [-0.4, -0.2) is 65.0 Å². The highest BCUT2D eigenvalue weighted by atomic mass is 35.5. The molecule has 2 heterocycles. The summed E-state index contributed by atoms with van der Waals surface area (Å²) in [4.78, 5) is 20.9. The summed E-state index contributed by atoms with van der Waals surface area (Å²) < 4.78 is 2.03. The van der Waals surface area contributed by atoms with Crippen molar-refractivity contribution in [1.82, 2.24) is 19.4 Å². The molecule has 0 atom stereocenters. The van der Waals surface area contributed by atoms with Gasteiger partial charge in [0.05, 0.1) is 0 Å². The number of nitrogens with two attached hydrogens (primary N) is 1. The second kappa shape index (κ2) is 9.12. The van der Waals surface area contributed by atoms with Crippen molar-refractivity contribution in [2.24, 2.45) is 5.73 Å². The monoisotopic (exact) mass is 329 g/mol. The number of halogens is 1. The van der Waals surface area contributed by atoms with Crippen molar-refractivity contribution in [3.63, 3.8) is 0 Å². The summed E-state index contributed by atoms with van der Waals surface area (Å²) in [5.41, 5.74) is 5.57. The number of amides is 1. The van der Waals surface area contributed by atoms with Crippen LogP contribution in [0.2, 0.25) is 0 Å². The minimum absolute atomic E-state index is 0. The minimum atomic E-state index is 0. The lowest BCUT2D eigenvalue weighted by Crippen LogP contribution is -2.44. The number of hydrogen-bond donors (Lipinski definition) is 1. The first-order valence-electron chi connectivity index (χ1n) is 7.76. The molecule has 0 bridgehead atoms. The van der Waals surface area contributed by atoms with Crippen molar-refractivity contribution in [3.05, 3.63) is 18.2 Å². The zero-order valence-corrected chi connectivity index (χ0v) is 14.4. The molecule has 2 rings (SSSR count). The van der Waals surface area contributed by atoms with Crippen LogP contribution in [-0.2, 0) is 17.8 Å². The molecule has 6 nitrogen and oxygen atoms in total. The van der Waals surface area contributed by atoms with E-state index in [9.17, 15) is 4.79 Å². The number of rotatable bonds is 6. The fourth-order valence-corrected chi connectivity index (χ4v) is 2.92. The molecule has 1 fully saturated rings. The smallest absolute Gasteiger partial charge is 0.223 e. The van der Waals surface area contributed by atoms with E-state index < -0.39 is 0 Å². The van der Waals surface area contributed by atoms with Crippen molar-refractivity contribution in [1.29, 1.82) is 0 Å². The molecule has 0 aliphatic carbocycles. The highest BCUT2D eigenvalue weighted by molar-refractivity contribution is 5.85. The van der Waals surface area contributed by atoms with Crippen LogP contribution < -0.4 is 5.73 Å². The fourth-order valence-electron chi connectivity index (χ4n) is 2.92. The summed E-state index contributed by atoms with van der Waals surface area (Å²) in [6, 6.07) is 0.609. The molecule has 22 heavy (non-hydrogen) atoms. The Balaban J connectivity index is 0.00000242. The Labute approximate surface area is 139 Å². The van der Waals surface area contributed by atoms with Crippen molar-refractivity contribution in [3.8, 4) is 0 Å². The van der Waals surface area contributed by atoms with E-state index in [1.165, 1.54) is 0 Å². The number of piperidine rings is 1. The lowest BCUT2D eigenvalue weighted by Gasteiger charge is -2.35. The maximum absolute atomic E-state index is 12.3. The third-order valence-corrected chi connectivity index (χ3v) is 4.28. The molecule has 0 radical (unpaired) electrons. The Bertz CT molecular complexity index is 455. The third-order valence-electron chi connectivity index (χ3n) is 4.28. The zero-order chi connectivity index (χ0) is 15.2. The SMILES string of the molecule is CN(C)C1CCN(C(=O)CCc2nccn2CCN)CC1.Cl. The number of likely N-dealkylation sites (tertiary alicyclic amines) is 1. The molecule has 0 spiro atoms. The van der Waals surface area contributed by atoms with Gasteiger partial charge in [0, 0.05) is 57.5 Å².